The fraction of sp³-hybridized carbons (Fsp3) is 0.412. The van der Waals surface area contributed by atoms with Crippen LogP contribution in [0.25, 0.3) is 10.2 Å². The summed E-state index contributed by atoms with van der Waals surface area (Å²) < 4.78 is 3.21. The first-order valence-electron chi connectivity index (χ1n) is 8.51. The molecule has 0 spiro atoms. The molecule has 1 aliphatic carbocycles. The molecule has 0 saturated heterocycles. The third kappa shape index (κ3) is 3.34. The van der Waals surface area contributed by atoms with E-state index in [0.29, 0.717) is 6.04 Å². The van der Waals surface area contributed by atoms with E-state index in [2.05, 4.69) is 30.4 Å². The Bertz CT molecular complexity index is 882. The number of rotatable bonds is 4. The van der Waals surface area contributed by atoms with Gasteiger partial charge in [-0.25, -0.2) is 9.78 Å². The van der Waals surface area contributed by atoms with Crippen LogP contribution in [0.15, 0.2) is 30.0 Å². The molecular weight excluding hydrogens is 336 g/mol. The number of hydrogen-bond acceptors (Lipinski definition) is 5. The second-order valence-corrected chi connectivity index (χ2v) is 7.28. The highest BCUT2D eigenvalue weighted by molar-refractivity contribution is 7.16. The van der Waals surface area contributed by atoms with E-state index in [-0.39, 0.29) is 12.1 Å². The summed E-state index contributed by atoms with van der Waals surface area (Å²) in [5, 5.41) is 14.1. The fourth-order valence-corrected chi connectivity index (χ4v) is 4.05. The molecule has 2 aromatic heterocycles. The van der Waals surface area contributed by atoms with Gasteiger partial charge in [0.1, 0.15) is 6.33 Å². The van der Waals surface area contributed by atoms with Gasteiger partial charge in [-0.2, -0.15) is 0 Å². The van der Waals surface area contributed by atoms with Crippen LogP contribution in [0.3, 0.4) is 0 Å². The number of hydrogen-bond donors (Lipinski definition) is 2. The van der Waals surface area contributed by atoms with Crippen LogP contribution in [0.5, 0.6) is 0 Å². The third-order valence-corrected chi connectivity index (χ3v) is 5.45. The summed E-state index contributed by atoms with van der Waals surface area (Å²) in [6.45, 7) is 1.93. The summed E-state index contributed by atoms with van der Waals surface area (Å²) in [6, 6.07) is 5.68. The first-order valence-corrected chi connectivity index (χ1v) is 9.39. The topological polar surface area (TPSA) is 84.7 Å². The van der Waals surface area contributed by atoms with Crippen LogP contribution in [0.4, 0.5) is 10.5 Å². The summed E-state index contributed by atoms with van der Waals surface area (Å²) in [5.41, 5.74) is 3.41. The zero-order valence-electron chi connectivity index (χ0n) is 14.0. The Morgan fingerprint density at radius 3 is 3.04 bits per heavy atom. The second-order valence-electron chi connectivity index (χ2n) is 6.39. The molecule has 4 rings (SSSR count). The molecule has 7 nitrogen and oxygen atoms in total. The maximum atomic E-state index is 12.3. The lowest BCUT2D eigenvalue weighted by Crippen LogP contribution is -2.32. The van der Waals surface area contributed by atoms with Crippen LogP contribution in [0.2, 0.25) is 0 Å². The molecule has 130 valence electrons. The molecule has 2 amide bonds. The van der Waals surface area contributed by atoms with Gasteiger partial charge in [0.15, 0.2) is 5.82 Å². The van der Waals surface area contributed by atoms with Crippen LogP contribution < -0.4 is 10.6 Å². The number of nitrogens with one attached hydrogen (secondary N) is 2. The van der Waals surface area contributed by atoms with Crippen molar-refractivity contribution in [1.82, 2.24) is 25.1 Å². The second kappa shape index (κ2) is 6.79. The zero-order chi connectivity index (χ0) is 17.2. The van der Waals surface area contributed by atoms with Crippen molar-refractivity contribution in [2.24, 2.45) is 0 Å². The Morgan fingerprint density at radius 2 is 2.20 bits per heavy atom. The van der Waals surface area contributed by atoms with Gasteiger partial charge in [0.25, 0.3) is 0 Å². The number of aromatic nitrogens is 4. The average molecular weight is 356 g/mol. The minimum absolute atomic E-state index is 0.217. The number of benzene rings is 1. The molecule has 3 aromatic rings. The molecule has 1 aliphatic rings. The van der Waals surface area contributed by atoms with Crippen LogP contribution in [-0.2, 0) is 0 Å². The van der Waals surface area contributed by atoms with E-state index in [1.807, 2.05) is 25.1 Å². The number of amides is 2. The van der Waals surface area contributed by atoms with Gasteiger partial charge in [0, 0.05) is 11.7 Å². The number of anilines is 1. The van der Waals surface area contributed by atoms with Gasteiger partial charge in [-0.1, -0.05) is 12.8 Å². The molecule has 25 heavy (non-hydrogen) atoms. The minimum Gasteiger partial charge on any atom is -0.328 e. The molecule has 1 fully saturated rings. The molecule has 2 N–H and O–H groups in total. The molecule has 1 unspecified atom stereocenters. The molecule has 0 radical (unpaired) electrons. The molecule has 0 aliphatic heterocycles. The van der Waals surface area contributed by atoms with Crippen LogP contribution in [-0.4, -0.2) is 25.8 Å². The van der Waals surface area contributed by atoms with E-state index in [9.17, 15) is 4.79 Å². The molecule has 1 atom stereocenters. The molecule has 0 bridgehead atoms. The number of nitrogens with zero attached hydrogens (tertiary/aromatic N) is 4. The van der Waals surface area contributed by atoms with Crippen LogP contribution >= 0.6 is 11.3 Å². The molecular formula is C17H20N6OS. The maximum Gasteiger partial charge on any atom is 0.319 e. The number of carbonyl (C=O) groups excluding carboxylic acids is 1. The molecule has 1 aromatic carbocycles. The zero-order valence-corrected chi connectivity index (χ0v) is 14.8. The number of carbonyl (C=O) groups is 1. The SMILES string of the molecule is CC(NC(=O)Nc1ccc2scnc2c1)c1nncn1C1CCCC1. The smallest absolute Gasteiger partial charge is 0.319 e. The Balaban J connectivity index is 1.42. The Kier molecular flexibility index (Phi) is 4.35. The Labute approximate surface area is 149 Å². The minimum atomic E-state index is -0.261. The summed E-state index contributed by atoms with van der Waals surface area (Å²) in [4.78, 5) is 16.6. The lowest BCUT2D eigenvalue weighted by atomic mass is 10.2. The van der Waals surface area contributed by atoms with Gasteiger partial charge in [-0.15, -0.1) is 21.5 Å². The number of thiazole rings is 1. The van der Waals surface area contributed by atoms with Gasteiger partial charge < -0.3 is 15.2 Å². The highest BCUT2D eigenvalue weighted by Crippen LogP contribution is 2.31. The van der Waals surface area contributed by atoms with E-state index in [4.69, 9.17) is 0 Å². The van der Waals surface area contributed by atoms with Crippen molar-refractivity contribution in [2.75, 3.05) is 5.32 Å². The lowest BCUT2D eigenvalue weighted by molar-refractivity contribution is 0.248. The van der Waals surface area contributed by atoms with E-state index in [1.54, 1.807) is 23.2 Å². The first-order chi connectivity index (χ1) is 12.2. The molecule has 2 heterocycles. The lowest BCUT2D eigenvalue weighted by Gasteiger charge is -2.19. The molecule has 1 saturated carbocycles. The summed E-state index contributed by atoms with van der Waals surface area (Å²) >= 11 is 1.58. The van der Waals surface area contributed by atoms with Gasteiger partial charge in [-0.05, 0) is 38.0 Å². The predicted molar refractivity (Wildman–Crippen MR) is 97.7 cm³/mol. The van der Waals surface area contributed by atoms with Gasteiger partial charge >= 0.3 is 6.03 Å². The third-order valence-electron chi connectivity index (χ3n) is 4.64. The number of urea groups is 1. The van der Waals surface area contributed by atoms with Crippen molar-refractivity contribution in [3.63, 3.8) is 0 Å². The Morgan fingerprint density at radius 1 is 1.36 bits per heavy atom. The first kappa shape index (κ1) is 16.0. The average Bonchev–Trinajstić information content (AvgIpc) is 3.34. The van der Waals surface area contributed by atoms with Crippen molar-refractivity contribution in [2.45, 2.75) is 44.7 Å². The van der Waals surface area contributed by atoms with E-state index in [1.165, 1.54) is 12.8 Å². The normalized spacial score (nSPS) is 16.2. The van der Waals surface area contributed by atoms with Gasteiger partial charge in [-0.3, -0.25) is 0 Å². The fourth-order valence-electron chi connectivity index (χ4n) is 3.39. The Hall–Kier alpha value is -2.48. The summed E-state index contributed by atoms with van der Waals surface area (Å²) in [7, 11) is 0. The highest BCUT2D eigenvalue weighted by atomic mass is 32.1. The monoisotopic (exact) mass is 356 g/mol. The van der Waals surface area contributed by atoms with Gasteiger partial charge in [0.05, 0.1) is 21.8 Å². The van der Waals surface area contributed by atoms with E-state index >= 15 is 0 Å². The van der Waals surface area contributed by atoms with Gasteiger partial charge in [0.2, 0.25) is 0 Å². The predicted octanol–water partition coefficient (Wildman–Crippen LogP) is 3.89. The van der Waals surface area contributed by atoms with Crippen LogP contribution in [0, 0.1) is 0 Å². The molecule has 8 heteroatoms. The van der Waals surface area contributed by atoms with Crippen molar-refractivity contribution in [1.29, 1.82) is 0 Å². The van der Waals surface area contributed by atoms with Crippen molar-refractivity contribution < 1.29 is 4.79 Å². The van der Waals surface area contributed by atoms with E-state index < -0.39 is 0 Å². The standard InChI is InChI=1S/C17H20N6OS/c1-11(16-22-19-9-23(16)13-4-2-3-5-13)20-17(24)21-12-6-7-15-14(8-12)18-10-25-15/h6-11,13H,2-5H2,1H3,(H2,20,21,24). The maximum absolute atomic E-state index is 12.3. The van der Waals surface area contributed by atoms with Crippen molar-refractivity contribution in [3.8, 4) is 0 Å². The van der Waals surface area contributed by atoms with Crippen LogP contribution in [0.1, 0.15) is 50.5 Å². The van der Waals surface area contributed by atoms with Crippen molar-refractivity contribution in [3.05, 3.63) is 35.9 Å². The summed E-state index contributed by atoms with van der Waals surface area (Å²) in [6.07, 6.45) is 6.56. The quantitative estimate of drug-likeness (QED) is 0.743. The highest BCUT2D eigenvalue weighted by Gasteiger charge is 2.23. The largest absolute Gasteiger partial charge is 0.328 e. The van der Waals surface area contributed by atoms with E-state index in [0.717, 1.165) is 34.6 Å². The van der Waals surface area contributed by atoms with Crippen molar-refractivity contribution >= 4 is 33.3 Å². The summed E-state index contributed by atoms with van der Waals surface area (Å²) in [5.74, 6) is 0.803. The number of fused-ring (bicyclic) bond motifs is 1.